The van der Waals surface area contributed by atoms with Crippen molar-refractivity contribution in [3.05, 3.63) is 109 Å². The summed E-state index contributed by atoms with van der Waals surface area (Å²) in [5, 5.41) is 10.8. The van der Waals surface area contributed by atoms with E-state index < -0.39 is 5.82 Å². The number of pyridine rings is 3. The molecule has 192 valence electrons. The zero-order valence-corrected chi connectivity index (χ0v) is 20.8. The number of carbonyl (C=O) groups is 1. The topological polar surface area (TPSA) is 125 Å². The molecule has 0 unspecified atom stereocenters. The lowest BCUT2D eigenvalue weighted by molar-refractivity contribution is 0.102. The Morgan fingerprint density at radius 2 is 1.73 bits per heavy atom. The van der Waals surface area contributed by atoms with Gasteiger partial charge in [0.2, 0.25) is 0 Å². The molecule has 9 nitrogen and oxygen atoms in total. The maximum atomic E-state index is 15.3. The van der Waals surface area contributed by atoms with Gasteiger partial charge in [0.1, 0.15) is 17.0 Å². The zero-order chi connectivity index (χ0) is 27.1. The summed E-state index contributed by atoms with van der Waals surface area (Å²) in [4.78, 5) is 33.5. The van der Waals surface area contributed by atoms with Crippen LogP contribution in [0.2, 0.25) is 0 Å². The van der Waals surface area contributed by atoms with Crippen LogP contribution in [0.15, 0.2) is 97.7 Å². The van der Waals surface area contributed by atoms with Crippen LogP contribution in [0.25, 0.3) is 55.8 Å². The van der Waals surface area contributed by atoms with Crippen LogP contribution in [0.3, 0.4) is 0 Å². The number of hydrogen-bond acceptors (Lipinski definition) is 6. The number of aromatic nitrogens is 7. The third-order valence-electron chi connectivity index (χ3n) is 6.58. The van der Waals surface area contributed by atoms with E-state index in [4.69, 9.17) is 4.98 Å². The van der Waals surface area contributed by atoms with Crippen LogP contribution in [0.5, 0.6) is 0 Å². The number of anilines is 1. The highest BCUT2D eigenvalue weighted by Gasteiger charge is 2.18. The summed E-state index contributed by atoms with van der Waals surface area (Å²) in [6.07, 6.45) is 8.26. The van der Waals surface area contributed by atoms with Gasteiger partial charge in [0.15, 0.2) is 11.5 Å². The minimum absolute atomic E-state index is 0.281. The Morgan fingerprint density at radius 1 is 0.850 bits per heavy atom. The molecule has 0 aliphatic heterocycles. The van der Waals surface area contributed by atoms with Gasteiger partial charge in [0.05, 0.1) is 17.4 Å². The number of amides is 1. The fourth-order valence-corrected chi connectivity index (χ4v) is 4.67. The SMILES string of the molecule is O=C(Nc1cncc(-c2cc3c(-c4nc5c(-c6cccnc6)ccnc5[nH]4)n[nH]c3cc2F)c1)c1ccccc1. The Kier molecular flexibility index (Phi) is 5.56. The zero-order valence-electron chi connectivity index (χ0n) is 20.8. The smallest absolute Gasteiger partial charge is 0.255 e. The summed E-state index contributed by atoms with van der Waals surface area (Å²) < 4.78 is 15.3. The second-order valence-electron chi connectivity index (χ2n) is 9.12. The molecule has 40 heavy (non-hydrogen) atoms. The number of aromatic amines is 2. The van der Waals surface area contributed by atoms with Crippen LogP contribution in [0, 0.1) is 5.82 Å². The first-order valence-corrected chi connectivity index (χ1v) is 12.4. The number of hydrogen-bond donors (Lipinski definition) is 3. The molecule has 0 saturated heterocycles. The number of benzene rings is 2. The summed E-state index contributed by atoms with van der Waals surface area (Å²) in [7, 11) is 0. The van der Waals surface area contributed by atoms with E-state index in [2.05, 4.69) is 35.5 Å². The highest BCUT2D eigenvalue weighted by atomic mass is 19.1. The predicted molar refractivity (Wildman–Crippen MR) is 150 cm³/mol. The number of fused-ring (bicyclic) bond motifs is 2. The van der Waals surface area contributed by atoms with Crippen molar-refractivity contribution in [2.75, 3.05) is 5.32 Å². The molecule has 0 radical (unpaired) electrons. The first kappa shape index (κ1) is 23.4. The molecule has 0 saturated carbocycles. The van der Waals surface area contributed by atoms with Crippen LogP contribution in [-0.2, 0) is 0 Å². The van der Waals surface area contributed by atoms with Gasteiger partial charge in [-0.15, -0.1) is 0 Å². The predicted octanol–water partition coefficient (Wildman–Crippen LogP) is 6.02. The minimum atomic E-state index is -0.457. The van der Waals surface area contributed by atoms with E-state index in [-0.39, 0.29) is 5.91 Å². The van der Waals surface area contributed by atoms with Gasteiger partial charge in [-0.25, -0.2) is 14.4 Å². The van der Waals surface area contributed by atoms with Gasteiger partial charge in [0, 0.05) is 64.1 Å². The van der Waals surface area contributed by atoms with Gasteiger partial charge in [-0.2, -0.15) is 5.10 Å². The second kappa shape index (κ2) is 9.52. The van der Waals surface area contributed by atoms with Gasteiger partial charge in [-0.05, 0) is 36.4 Å². The molecule has 10 heteroatoms. The first-order chi connectivity index (χ1) is 19.6. The molecule has 1 amide bonds. The van der Waals surface area contributed by atoms with Gasteiger partial charge in [0.25, 0.3) is 5.91 Å². The van der Waals surface area contributed by atoms with Gasteiger partial charge in [-0.3, -0.25) is 19.9 Å². The molecular weight excluding hydrogens is 507 g/mol. The van der Waals surface area contributed by atoms with Gasteiger partial charge < -0.3 is 10.3 Å². The molecule has 2 aromatic carbocycles. The van der Waals surface area contributed by atoms with Crippen LogP contribution in [-0.4, -0.2) is 41.0 Å². The Morgan fingerprint density at radius 3 is 2.58 bits per heavy atom. The third kappa shape index (κ3) is 4.13. The highest BCUT2D eigenvalue weighted by Crippen LogP contribution is 2.34. The number of carbonyl (C=O) groups excluding carboxylic acids is 1. The van der Waals surface area contributed by atoms with Crippen LogP contribution in [0.4, 0.5) is 10.1 Å². The van der Waals surface area contributed by atoms with E-state index in [1.54, 1.807) is 61.2 Å². The van der Waals surface area contributed by atoms with Crippen molar-refractivity contribution >= 4 is 33.7 Å². The lowest BCUT2D eigenvalue weighted by Gasteiger charge is -2.08. The molecule has 5 aromatic heterocycles. The van der Waals surface area contributed by atoms with Crippen LogP contribution in [0.1, 0.15) is 10.4 Å². The van der Waals surface area contributed by atoms with Crippen molar-refractivity contribution < 1.29 is 9.18 Å². The monoisotopic (exact) mass is 526 g/mol. The molecule has 5 heterocycles. The second-order valence-corrected chi connectivity index (χ2v) is 9.12. The number of rotatable bonds is 5. The summed E-state index contributed by atoms with van der Waals surface area (Å²) >= 11 is 0. The molecule has 0 aliphatic carbocycles. The van der Waals surface area contributed by atoms with E-state index >= 15 is 4.39 Å². The van der Waals surface area contributed by atoms with Crippen molar-refractivity contribution in [1.29, 1.82) is 0 Å². The van der Waals surface area contributed by atoms with Crippen molar-refractivity contribution in [2.45, 2.75) is 0 Å². The van der Waals surface area contributed by atoms with E-state index in [9.17, 15) is 4.79 Å². The molecule has 0 atom stereocenters. The van der Waals surface area contributed by atoms with Crippen LogP contribution < -0.4 is 5.32 Å². The Labute approximate surface area is 226 Å². The van der Waals surface area contributed by atoms with E-state index in [0.29, 0.717) is 56.0 Å². The number of nitrogens with zero attached hydrogens (tertiary/aromatic N) is 5. The standard InChI is InChI=1S/C30H19FN8O/c31-24-13-25-23(12-22(24)19-11-20(16-33-15-19)35-30(40)17-5-2-1-3-6-17)27(39-38-25)29-36-26-21(8-10-34-28(26)37-29)18-7-4-9-32-14-18/h1-16H,(H,35,40)(H,38,39)(H,34,36,37). The Hall–Kier alpha value is -5.77. The Bertz CT molecular complexity index is 2020. The van der Waals surface area contributed by atoms with Crippen LogP contribution >= 0.6 is 0 Å². The fraction of sp³-hybridized carbons (Fsp3) is 0. The highest BCUT2D eigenvalue weighted by molar-refractivity contribution is 6.04. The summed E-state index contributed by atoms with van der Waals surface area (Å²) in [5.74, 6) is -0.248. The maximum Gasteiger partial charge on any atom is 0.255 e. The molecule has 7 aromatic rings. The molecule has 7 rings (SSSR count). The first-order valence-electron chi connectivity index (χ1n) is 12.4. The van der Waals surface area contributed by atoms with Gasteiger partial charge in [-0.1, -0.05) is 24.3 Å². The number of H-pyrrole nitrogens is 2. The van der Waals surface area contributed by atoms with Crippen molar-refractivity contribution in [3.63, 3.8) is 0 Å². The molecule has 0 spiro atoms. The van der Waals surface area contributed by atoms with Crippen molar-refractivity contribution in [2.24, 2.45) is 0 Å². The number of halogens is 1. The normalized spacial score (nSPS) is 11.2. The molecule has 0 fully saturated rings. The quantitative estimate of drug-likeness (QED) is 0.252. The summed E-state index contributed by atoms with van der Waals surface area (Å²) in [6, 6.07) is 19.3. The fourth-order valence-electron chi connectivity index (χ4n) is 4.67. The van der Waals surface area contributed by atoms with E-state index in [0.717, 1.165) is 11.1 Å². The lowest BCUT2D eigenvalue weighted by Crippen LogP contribution is -2.11. The maximum absolute atomic E-state index is 15.3. The van der Waals surface area contributed by atoms with E-state index in [1.807, 2.05) is 24.3 Å². The largest absolute Gasteiger partial charge is 0.321 e. The van der Waals surface area contributed by atoms with E-state index in [1.165, 1.54) is 12.3 Å². The summed E-state index contributed by atoms with van der Waals surface area (Å²) in [5.41, 5.74) is 5.87. The molecule has 0 bridgehead atoms. The molecule has 3 N–H and O–H groups in total. The lowest BCUT2D eigenvalue weighted by atomic mass is 10.0. The average molecular weight is 527 g/mol. The van der Waals surface area contributed by atoms with Crippen molar-refractivity contribution in [1.82, 2.24) is 35.1 Å². The minimum Gasteiger partial charge on any atom is -0.321 e. The average Bonchev–Trinajstić information content (AvgIpc) is 3.61. The molecular formula is C30H19FN8O. The Balaban J connectivity index is 1.28. The summed E-state index contributed by atoms with van der Waals surface area (Å²) in [6.45, 7) is 0. The van der Waals surface area contributed by atoms with Gasteiger partial charge >= 0.3 is 0 Å². The third-order valence-corrected chi connectivity index (χ3v) is 6.58. The molecule has 0 aliphatic rings. The van der Waals surface area contributed by atoms with Crippen molar-refractivity contribution in [3.8, 4) is 33.8 Å². The number of nitrogens with one attached hydrogen (secondary N) is 3. The number of imidazole rings is 1.